The number of rotatable bonds is 4. The average molecular weight is 411 g/mol. The lowest BCUT2D eigenvalue weighted by molar-refractivity contribution is -0.0259. The SMILES string of the molecule is CC(C1COc2ccccc2O1)N1CCN(C(C)C2COc3ccccc3O2)CC1. The predicted molar refractivity (Wildman–Crippen MR) is 115 cm³/mol. The molecule has 0 bridgehead atoms. The summed E-state index contributed by atoms with van der Waals surface area (Å²) in [5, 5.41) is 0. The van der Waals surface area contributed by atoms with Crippen LogP contribution in [0.25, 0.3) is 0 Å². The largest absolute Gasteiger partial charge is 0.486 e. The Balaban J connectivity index is 1.15. The molecular formula is C24H30N2O4. The van der Waals surface area contributed by atoms with Gasteiger partial charge in [0.2, 0.25) is 0 Å². The fourth-order valence-electron chi connectivity index (χ4n) is 4.57. The summed E-state index contributed by atoms with van der Waals surface area (Å²) in [6, 6.07) is 16.4. The van der Waals surface area contributed by atoms with Gasteiger partial charge < -0.3 is 18.9 Å². The van der Waals surface area contributed by atoms with Crippen LogP contribution in [0.4, 0.5) is 0 Å². The number of fused-ring (bicyclic) bond motifs is 2. The van der Waals surface area contributed by atoms with Crippen LogP contribution in [0.5, 0.6) is 23.0 Å². The number of benzene rings is 2. The molecule has 0 saturated carbocycles. The summed E-state index contributed by atoms with van der Waals surface area (Å²) in [6.45, 7) is 9.73. The van der Waals surface area contributed by atoms with Crippen molar-refractivity contribution >= 4 is 0 Å². The number of piperazine rings is 1. The summed E-state index contributed by atoms with van der Waals surface area (Å²) >= 11 is 0. The van der Waals surface area contributed by atoms with E-state index in [1.807, 2.05) is 48.5 Å². The summed E-state index contributed by atoms with van der Waals surface area (Å²) in [4.78, 5) is 5.03. The van der Waals surface area contributed by atoms with E-state index in [1.165, 1.54) is 0 Å². The van der Waals surface area contributed by atoms with E-state index >= 15 is 0 Å². The first-order valence-corrected chi connectivity index (χ1v) is 10.9. The van der Waals surface area contributed by atoms with Crippen molar-refractivity contribution in [3.05, 3.63) is 48.5 Å². The zero-order valence-corrected chi connectivity index (χ0v) is 17.7. The molecule has 0 spiro atoms. The second-order valence-electron chi connectivity index (χ2n) is 8.38. The first-order valence-electron chi connectivity index (χ1n) is 10.9. The van der Waals surface area contributed by atoms with Gasteiger partial charge in [-0.3, -0.25) is 9.80 Å². The number of ether oxygens (including phenoxy) is 4. The Bertz CT molecular complexity index is 796. The second-order valence-corrected chi connectivity index (χ2v) is 8.38. The summed E-state index contributed by atoms with van der Waals surface area (Å²) in [5.74, 6) is 3.39. The molecule has 30 heavy (non-hydrogen) atoms. The first-order chi connectivity index (χ1) is 14.7. The maximum atomic E-state index is 6.23. The highest BCUT2D eigenvalue weighted by Gasteiger charge is 2.35. The number of hydrogen-bond acceptors (Lipinski definition) is 6. The first kappa shape index (κ1) is 19.5. The maximum Gasteiger partial charge on any atom is 0.161 e. The minimum Gasteiger partial charge on any atom is -0.486 e. The predicted octanol–water partition coefficient (Wildman–Crippen LogP) is 3.06. The topological polar surface area (TPSA) is 43.4 Å². The Kier molecular flexibility index (Phi) is 5.44. The van der Waals surface area contributed by atoms with Crippen LogP contribution in [0, 0.1) is 0 Å². The molecule has 160 valence electrons. The van der Waals surface area contributed by atoms with Crippen LogP contribution in [0.3, 0.4) is 0 Å². The number of hydrogen-bond donors (Lipinski definition) is 0. The second kappa shape index (κ2) is 8.36. The molecule has 2 aromatic carbocycles. The summed E-state index contributed by atoms with van der Waals surface area (Å²) < 4.78 is 24.3. The molecule has 0 N–H and O–H groups in total. The van der Waals surface area contributed by atoms with E-state index in [1.54, 1.807) is 0 Å². The van der Waals surface area contributed by atoms with Gasteiger partial charge in [0.15, 0.2) is 23.0 Å². The third kappa shape index (κ3) is 3.82. The van der Waals surface area contributed by atoms with Gasteiger partial charge in [-0.2, -0.15) is 0 Å². The molecule has 0 amide bonds. The zero-order valence-electron chi connectivity index (χ0n) is 17.7. The summed E-state index contributed by atoms with van der Waals surface area (Å²) in [6.07, 6.45) is 0.103. The van der Waals surface area contributed by atoms with E-state index < -0.39 is 0 Å². The molecule has 4 unspecified atom stereocenters. The molecule has 6 heteroatoms. The van der Waals surface area contributed by atoms with Crippen molar-refractivity contribution in [2.45, 2.75) is 38.1 Å². The minimum atomic E-state index is 0.0513. The van der Waals surface area contributed by atoms with Crippen LogP contribution in [-0.2, 0) is 0 Å². The van der Waals surface area contributed by atoms with Crippen molar-refractivity contribution in [2.75, 3.05) is 39.4 Å². The van der Waals surface area contributed by atoms with Crippen molar-refractivity contribution in [1.82, 2.24) is 9.80 Å². The van der Waals surface area contributed by atoms with Crippen LogP contribution in [0.1, 0.15) is 13.8 Å². The van der Waals surface area contributed by atoms with Gasteiger partial charge in [-0.25, -0.2) is 0 Å². The Morgan fingerprint density at radius 3 is 1.40 bits per heavy atom. The van der Waals surface area contributed by atoms with E-state index in [9.17, 15) is 0 Å². The fraction of sp³-hybridized carbons (Fsp3) is 0.500. The highest BCUT2D eigenvalue weighted by Crippen LogP contribution is 2.34. The summed E-state index contributed by atoms with van der Waals surface area (Å²) in [7, 11) is 0. The Morgan fingerprint density at radius 2 is 1.00 bits per heavy atom. The third-order valence-electron chi connectivity index (χ3n) is 6.64. The molecular weight excluding hydrogens is 380 g/mol. The molecule has 0 aliphatic carbocycles. The molecule has 4 atom stereocenters. The molecule has 3 heterocycles. The van der Waals surface area contributed by atoms with Crippen molar-refractivity contribution in [3.63, 3.8) is 0 Å². The van der Waals surface area contributed by atoms with Crippen molar-refractivity contribution < 1.29 is 18.9 Å². The molecule has 1 saturated heterocycles. The molecule has 1 fully saturated rings. The summed E-state index contributed by atoms with van der Waals surface area (Å²) in [5.41, 5.74) is 0. The lowest BCUT2D eigenvalue weighted by Crippen LogP contribution is -2.59. The van der Waals surface area contributed by atoms with Crippen LogP contribution in [-0.4, -0.2) is 73.5 Å². The molecule has 3 aliphatic rings. The van der Waals surface area contributed by atoms with Gasteiger partial charge in [-0.1, -0.05) is 24.3 Å². The standard InChI is InChI=1S/C24H30N2O4/c1-17(23-15-27-19-7-3-5-9-21(19)29-23)25-11-13-26(14-12-25)18(2)24-16-28-20-8-4-6-10-22(20)30-24/h3-10,17-18,23-24H,11-16H2,1-2H3. The molecule has 0 aromatic heterocycles. The molecule has 2 aromatic rings. The minimum absolute atomic E-state index is 0.0513. The zero-order chi connectivity index (χ0) is 20.5. The fourth-order valence-corrected chi connectivity index (χ4v) is 4.57. The van der Waals surface area contributed by atoms with Crippen molar-refractivity contribution in [1.29, 1.82) is 0 Å². The van der Waals surface area contributed by atoms with E-state index in [0.29, 0.717) is 25.3 Å². The quantitative estimate of drug-likeness (QED) is 0.772. The Morgan fingerprint density at radius 1 is 0.633 bits per heavy atom. The third-order valence-corrected chi connectivity index (χ3v) is 6.64. The van der Waals surface area contributed by atoms with Crippen molar-refractivity contribution in [2.24, 2.45) is 0 Å². The van der Waals surface area contributed by atoms with E-state index in [0.717, 1.165) is 49.2 Å². The van der Waals surface area contributed by atoms with Crippen LogP contribution in [0.2, 0.25) is 0 Å². The smallest absolute Gasteiger partial charge is 0.161 e. The lowest BCUT2D eigenvalue weighted by Gasteiger charge is -2.44. The average Bonchev–Trinajstić information content (AvgIpc) is 2.82. The van der Waals surface area contributed by atoms with Gasteiger partial charge in [-0.05, 0) is 38.1 Å². The lowest BCUT2D eigenvalue weighted by atomic mass is 10.1. The molecule has 6 nitrogen and oxygen atoms in total. The van der Waals surface area contributed by atoms with Gasteiger partial charge in [-0.15, -0.1) is 0 Å². The van der Waals surface area contributed by atoms with Crippen LogP contribution < -0.4 is 18.9 Å². The van der Waals surface area contributed by atoms with E-state index in [2.05, 4.69) is 23.6 Å². The van der Waals surface area contributed by atoms with Gasteiger partial charge >= 0.3 is 0 Å². The van der Waals surface area contributed by atoms with E-state index in [-0.39, 0.29) is 12.2 Å². The molecule has 3 aliphatic heterocycles. The highest BCUT2D eigenvalue weighted by molar-refractivity contribution is 5.41. The number of nitrogens with zero attached hydrogens (tertiary/aromatic N) is 2. The Labute approximate surface area is 178 Å². The van der Waals surface area contributed by atoms with Gasteiger partial charge in [0, 0.05) is 38.3 Å². The van der Waals surface area contributed by atoms with Gasteiger partial charge in [0.25, 0.3) is 0 Å². The van der Waals surface area contributed by atoms with Crippen LogP contribution >= 0.6 is 0 Å². The molecule has 0 radical (unpaired) electrons. The molecule has 5 rings (SSSR count). The van der Waals surface area contributed by atoms with Crippen LogP contribution in [0.15, 0.2) is 48.5 Å². The Hall–Kier alpha value is -2.44. The number of para-hydroxylation sites is 4. The monoisotopic (exact) mass is 410 g/mol. The maximum absolute atomic E-state index is 6.23. The van der Waals surface area contributed by atoms with Gasteiger partial charge in [0.05, 0.1) is 0 Å². The normalized spacial score (nSPS) is 26.1. The highest BCUT2D eigenvalue weighted by atomic mass is 16.6. The van der Waals surface area contributed by atoms with Crippen molar-refractivity contribution in [3.8, 4) is 23.0 Å². The van der Waals surface area contributed by atoms with E-state index in [4.69, 9.17) is 18.9 Å². The van der Waals surface area contributed by atoms with Gasteiger partial charge in [0.1, 0.15) is 25.4 Å².